The molecule has 0 aliphatic rings. The van der Waals surface area contributed by atoms with Gasteiger partial charge in [0.2, 0.25) is 5.82 Å². The largest absolute Gasteiger partial charge is 0.471 e. The first-order chi connectivity index (χ1) is 8.91. The number of hydrogen-bond acceptors (Lipinski definition) is 4. The second-order valence-electron chi connectivity index (χ2n) is 3.51. The maximum atomic E-state index is 12.3. The molecular weight excluding hydrogens is 263 g/mol. The van der Waals surface area contributed by atoms with Crippen LogP contribution in [0, 0.1) is 12.3 Å². The van der Waals surface area contributed by atoms with Crippen molar-refractivity contribution in [1.82, 2.24) is 14.7 Å². The minimum absolute atomic E-state index is 0.0686. The van der Waals surface area contributed by atoms with E-state index in [9.17, 15) is 18.0 Å². The zero-order chi connectivity index (χ0) is 14.0. The standard InChI is InChI=1S/C11H6F3N3O2/c1-2-4-17-5-3-7(6-8(17)18)9-15-10(19-16-9)11(12,13)14/h1,3,5-6H,4H2. The molecule has 0 unspecified atom stereocenters. The minimum atomic E-state index is -4.72. The van der Waals surface area contributed by atoms with E-state index in [-0.39, 0.29) is 17.9 Å². The van der Waals surface area contributed by atoms with Gasteiger partial charge in [0.1, 0.15) is 0 Å². The monoisotopic (exact) mass is 269 g/mol. The first kappa shape index (κ1) is 12.9. The Morgan fingerprint density at radius 3 is 2.74 bits per heavy atom. The summed E-state index contributed by atoms with van der Waals surface area (Å²) in [7, 11) is 0. The second kappa shape index (κ2) is 4.61. The van der Waals surface area contributed by atoms with Gasteiger partial charge >= 0.3 is 12.1 Å². The van der Waals surface area contributed by atoms with Gasteiger partial charge in [0, 0.05) is 17.8 Å². The molecule has 0 fully saturated rings. The van der Waals surface area contributed by atoms with Crippen LogP contribution in [0.3, 0.4) is 0 Å². The maximum absolute atomic E-state index is 12.3. The van der Waals surface area contributed by atoms with Gasteiger partial charge in [-0.3, -0.25) is 4.79 Å². The molecule has 0 aliphatic heterocycles. The van der Waals surface area contributed by atoms with Gasteiger partial charge in [0.05, 0.1) is 6.54 Å². The van der Waals surface area contributed by atoms with Crippen molar-refractivity contribution in [2.45, 2.75) is 12.7 Å². The van der Waals surface area contributed by atoms with Gasteiger partial charge in [-0.15, -0.1) is 6.42 Å². The summed E-state index contributed by atoms with van der Waals surface area (Å²) in [6.45, 7) is 0.0686. The van der Waals surface area contributed by atoms with Crippen LogP contribution < -0.4 is 5.56 Å². The summed E-state index contributed by atoms with van der Waals surface area (Å²) < 4.78 is 42.1. The van der Waals surface area contributed by atoms with Gasteiger partial charge in [-0.2, -0.15) is 18.2 Å². The van der Waals surface area contributed by atoms with Crippen LogP contribution in [0.25, 0.3) is 11.4 Å². The first-order valence-corrected chi connectivity index (χ1v) is 4.97. The van der Waals surface area contributed by atoms with Crippen molar-refractivity contribution < 1.29 is 17.7 Å². The van der Waals surface area contributed by atoms with Gasteiger partial charge in [0.15, 0.2) is 0 Å². The first-order valence-electron chi connectivity index (χ1n) is 4.97. The predicted molar refractivity (Wildman–Crippen MR) is 57.8 cm³/mol. The highest BCUT2D eigenvalue weighted by Gasteiger charge is 2.38. The van der Waals surface area contributed by atoms with Crippen molar-refractivity contribution in [3.63, 3.8) is 0 Å². The predicted octanol–water partition coefficient (Wildman–Crippen LogP) is 1.55. The molecule has 0 spiro atoms. The SMILES string of the molecule is C#CCn1ccc(-c2noc(C(F)(F)F)n2)cc1=O. The van der Waals surface area contributed by atoms with Gasteiger partial charge < -0.3 is 9.09 Å². The highest BCUT2D eigenvalue weighted by atomic mass is 19.4. The highest BCUT2D eigenvalue weighted by Crippen LogP contribution is 2.28. The minimum Gasteiger partial charge on any atom is -0.329 e. The Labute approximate surface area is 104 Å². The van der Waals surface area contributed by atoms with Gasteiger partial charge in [-0.25, -0.2) is 0 Å². The smallest absolute Gasteiger partial charge is 0.329 e. The molecule has 0 aromatic carbocycles. The molecule has 2 aromatic heterocycles. The molecule has 0 aliphatic carbocycles. The molecule has 0 atom stereocenters. The average molecular weight is 269 g/mol. The van der Waals surface area contributed by atoms with Crippen molar-refractivity contribution in [2.75, 3.05) is 0 Å². The Kier molecular flexibility index (Phi) is 3.12. The van der Waals surface area contributed by atoms with E-state index in [4.69, 9.17) is 6.42 Å². The quantitative estimate of drug-likeness (QED) is 0.776. The third-order valence-electron chi connectivity index (χ3n) is 2.18. The fourth-order valence-electron chi connectivity index (χ4n) is 1.33. The fraction of sp³-hybridized carbons (Fsp3) is 0.182. The van der Waals surface area contributed by atoms with Crippen molar-refractivity contribution >= 4 is 0 Å². The van der Waals surface area contributed by atoms with E-state index in [0.717, 1.165) is 6.07 Å². The van der Waals surface area contributed by atoms with E-state index in [1.165, 1.54) is 16.8 Å². The fourth-order valence-corrected chi connectivity index (χ4v) is 1.33. The van der Waals surface area contributed by atoms with E-state index in [2.05, 4.69) is 20.6 Å². The summed E-state index contributed by atoms with van der Waals surface area (Å²) >= 11 is 0. The number of rotatable bonds is 2. The molecular formula is C11H6F3N3O2. The summed E-state index contributed by atoms with van der Waals surface area (Å²) in [5, 5.41) is 3.18. The lowest BCUT2D eigenvalue weighted by Crippen LogP contribution is -2.17. The van der Waals surface area contributed by atoms with Crippen LogP contribution in [0.15, 0.2) is 27.6 Å². The van der Waals surface area contributed by atoms with Gasteiger partial charge in [-0.05, 0) is 6.07 Å². The third kappa shape index (κ3) is 2.65. The lowest BCUT2D eigenvalue weighted by Gasteiger charge is -2.00. The Hall–Kier alpha value is -2.56. The Bertz CT molecular complexity index is 694. The summed E-state index contributed by atoms with van der Waals surface area (Å²) in [6, 6.07) is 2.46. The van der Waals surface area contributed by atoms with Crippen LogP contribution in [-0.4, -0.2) is 14.7 Å². The normalized spacial score (nSPS) is 11.3. The highest BCUT2D eigenvalue weighted by molar-refractivity contribution is 5.52. The number of hydrogen-bond donors (Lipinski definition) is 0. The topological polar surface area (TPSA) is 60.9 Å². The van der Waals surface area contributed by atoms with E-state index in [0.29, 0.717) is 0 Å². The van der Waals surface area contributed by atoms with Crippen molar-refractivity contribution in [3.05, 3.63) is 34.6 Å². The molecule has 19 heavy (non-hydrogen) atoms. The van der Waals surface area contributed by atoms with E-state index >= 15 is 0 Å². The van der Waals surface area contributed by atoms with Crippen LogP contribution in [-0.2, 0) is 12.7 Å². The van der Waals surface area contributed by atoms with Crippen LogP contribution >= 0.6 is 0 Å². The molecule has 0 saturated carbocycles. The second-order valence-corrected chi connectivity index (χ2v) is 3.51. The summed E-state index contributed by atoms with van der Waals surface area (Å²) in [5.41, 5.74) is -0.341. The number of halogens is 3. The Balaban J connectivity index is 2.38. The molecule has 0 amide bonds. The number of terminal acetylenes is 1. The van der Waals surface area contributed by atoms with E-state index in [1.807, 2.05) is 0 Å². The molecule has 8 heteroatoms. The Morgan fingerprint density at radius 1 is 1.47 bits per heavy atom. The van der Waals surface area contributed by atoms with Crippen LogP contribution in [0.2, 0.25) is 0 Å². The molecule has 2 aromatic rings. The number of alkyl halides is 3. The lowest BCUT2D eigenvalue weighted by atomic mass is 10.2. The van der Waals surface area contributed by atoms with E-state index < -0.39 is 17.6 Å². The molecule has 2 heterocycles. The van der Waals surface area contributed by atoms with E-state index in [1.54, 1.807) is 0 Å². The summed E-state index contributed by atoms with van der Waals surface area (Å²) in [6.07, 6.45) is 1.69. The zero-order valence-electron chi connectivity index (χ0n) is 9.31. The third-order valence-corrected chi connectivity index (χ3v) is 2.18. The van der Waals surface area contributed by atoms with Crippen molar-refractivity contribution in [1.29, 1.82) is 0 Å². The van der Waals surface area contributed by atoms with Gasteiger partial charge in [-0.1, -0.05) is 11.1 Å². The molecule has 0 radical (unpaired) electrons. The molecule has 2 rings (SSSR count). The summed E-state index contributed by atoms with van der Waals surface area (Å²) in [5.74, 6) is 0.502. The van der Waals surface area contributed by atoms with Gasteiger partial charge in [0.25, 0.3) is 5.56 Å². The molecule has 0 saturated heterocycles. The lowest BCUT2D eigenvalue weighted by molar-refractivity contribution is -0.159. The average Bonchev–Trinajstić information content (AvgIpc) is 2.81. The maximum Gasteiger partial charge on any atom is 0.471 e. The zero-order valence-corrected chi connectivity index (χ0v) is 9.31. The number of aromatic nitrogens is 3. The molecule has 0 bridgehead atoms. The molecule has 5 nitrogen and oxygen atoms in total. The Morgan fingerprint density at radius 2 is 2.21 bits per heavy atom. The number of pyridine rings is 1. The number of nitrogens with zero attached hydrogens (tertiary/aromatic N) is 3. The van der Waals surface area contributed by atoms with Crippen LogP contribution in [0.1, 0.15) is 5.89 Å². The molecule has 98 valence electrons. The van der Waals surface area contributed by atoms with Crippen molar-refractivity contribution in [3.8, 4) is 23.7 Å². The molecule has 0 N–H and O–H groups in total. The van der Waals surface area contributed by atoms with Crippen molar-refractivity contribution in [2.24, 2.45) is 0 Å². The van der Waals surface area contributed by atoms with Crippen LogP contribution in [0.5, 0.6) is 0 Å². The summed E-state index contributed by atoms with van der Waals surface area (Å²) in [4.78, 5) is 14.7. The van der Waals surface area contributed by atoms with Crippen LogP contribution in [0.4, 0.5) is 13.2 Å².